The van der Waals surface area contributed by atoms with Gasteiger partial charge in [0.1, 0.15) is 5.82 Å². The third kappa shape index (κ3) is 4.18. The van der Waals surface area contributed by atoms with Crippen molar-refractivity contribution in [1.29, 1.82) is 0 Å². The first kappa shape index (κ1) is 20.3. The van der Waals surface area contributed by atoms with Gasteiger partial charge in [-0.15, -0.1) is 0 Å². The van der Waals surface area contributed by atoms with E-state index in [9.17, 15) is 18.0 Å². The third-order valence-corrected chi connectivity index (χ3v) is 4.72. The van der Waals surface area contributed by atoms with E-state index >= 15 is 0 Å². The average molecular weight is 396 g/mol. The van der Waals surface area contributed by atoms with Crippen LogP contribution < -0.4 is 0 Å². The molecule has 1 aliphatic heterocycles. The van der Waals surface area contributed by atoms with Crippen molar-refractivity contribution < 1.29 is 22.5 Å². The molecular weight excluding hydrogens is 373 g/mol. The summed E-state index contributed by atoms with van der Waals surface area (Å²) in [6.45, 7) is 7.71. The lowest BCUT2D eigenvalue weighted by atomic mass is 9.89. The van der Waals surface area contributed by atoms with Crippen LogP contribution in [-0.4, -0.2) is 45.2 Å². The van der Waals surface area contributed by atoms with Gasteiger partial charge in [-0.2, -0.15) is 13.2 Å². The lowest BCUT2D eigenvalue weighted by Crippen LogP contribution is -2.46. The van der Waals surface area contributed by atoms with Crippen LogP contribution >= 0.6 is 0 Å². The van der Waals surface area contributed by atoms with Crippen molar-refractivity contribution in [3.63, 3.8) is 0 Å². The van der Waals surface area contributed by atoms with Gasteiger partial charge in [-0.1, -0.05) is 25.9 Å². The molecule has 3 heterocycles. The molecule has 9 heteroatoms. The second kappa shape index (κ2) is 7.18. The van der Waals surface area contributed by atoms with Crippen LogP contribution in [0.1, 0.15) is 56.7 Å². The molecule has 152 valence electrons. The van der Waals surface area contributed by atoms with Crippen LogP contribution in [0.3, 0.4) is 0 Å². The number of aryl methyl sites for hydroxylation is 1. The molecule has 1 aliphatic rings. The molecule has 0 bridgehead atoms. The summed E-state index contributed by atoms with van der Waals surface area (Å²) in [5.74, 6) is -1.10. The predicted octanol–water partition coefficient (Wildman–Crippen LogP) is 4.01. The Morgan fingerprint density at radius 2 is 2.00 bits per heavy atom. The third-order valence-electron chi connectivity index (χ3n) is 4.72. The fourth-order valence-corrected chi connectivity index (χ4v) is 3.31. The maximum absolute atomic E-state index is 12.9. The second-order valence-electron chi connectivity index (χ2n) is 8.16. The van der Waals surface area contributed by atoms with E-state index in [4.69, 9.17) is 9.51 Å². The summed E-state index contributed by atoms with van der Waals surface area (Å²) >= 11 is 0. The standard InChI is InChI=1S/C19H23F3N4O2/c1-11-8-14(28-25-11)13-9-23-16(18(2,3)4)24-15(13)12-6-5-7-26(10-12)17(27)19(20,21)22/h8-9,12H,5-7,10H2,1-4H3. The molecule has 0 aromatic carbocycles. The van der Waals surface area contributed by atoms with Gasteiger partial charge in [0.2, 0.25) is 0 Å². The molecule has 1 amide bonds. The molecule has 28 heavy (non-hydrogen) atoms. The number of aromatic nitrogens is 3. The number of carbonyl (C=O) groups is 1. The Labute approximate surface area is 161 Å². The van der Waals surface area contributed by atoms with Crippen LogP contribution in [0.25, 0.3) is 11.3 Å². The molecule has 0 spiro atoms. The number of hydrogen-bond acceptors (Lipinski definition) is 5. The summed E-state index contributed by atoms with van der Waals surface area (Å²) in [5, 5.41) is 3.88. The highest BCUT2D eigenvalue weighted by Gasteiger charge is 2.44. The van der Waals surface area contributed by atoms with Gasteiger partial charge in [0.05, 0.1) is 17.0 Å². The van der Waals surface area contributed by atoms with Crippen molar-refractivity contribution in [2.45, 2.75) is 58.0 Å². The highest BCUT2D eigenvalue weighted by Crippen LogP contribution is 2.35. The zero-order valence-corrected chi connectivity index (χ0v) is 16.3. The maximum Gasteiger partial charge on any atom is 0.471 e. The van der Waals surface area contributed by atoms with Gasteiger partial charge < -0.3 is 9.42 Å². The number of hydrogen-bond donors (Lipinski definition) is 0. The van der Waals surface area contributed by atoms with Crippen LogP contribution in [0, 0.1) is 6.92 Å². The van der Waals surface area contributed by atoms with E-state index in [1.165, 1.54) is 0 Å². The van der Waals surface area contributed by atoms with Crippen molar-refractivity contribution in [3.05, 3.63) is 29.5 Å². The minimum Gasteiger partial charge on any atom is -0.356 e. The highest BCUT2D eigenvalue weighted by molar-refractivity contribution is 5.82. The van der Waals surface area contributed by atoms with Gasteiger partial charge in [-0.05, 0) is 19.8 Å². The molecule has 0 aliphatic carbocycles. The topological polar surface area (TPSA) is 72.1 Å². The molecule has 0 radical (unpaired) electrons. The van der Waals surface area contributed by atoms with Crippen LogP contribution in [0.4, 0.5) is 13.2 Å². The van der Waals surface area contributed by atoms with Gasteiger partial charge in [0.15, 0.2) is 5.76 Å². The van der Waals surface area contributed by atoms with Crippen molar-refractivity contribution in [1.82, 2.24) is 20.0 Å². The van der Waals surface area contributed by atoms with Crippen molar-refractivity contribution >= 4 is 5.91 Å². The largest absolute Gasteiger partial charge is 0.471 e. The van der Waals surface area contributed by atoms with E-state index in [0.717, 1.165) is 4.90 Å². The second-order valence-corrected chi connectivity index (χ2v) is 8.16. The SMILES string of the molecule is Cc1cc(-c2cnc(C(C)(C)C)nc2C2CCCN(C(=O)C(F)(F)F)C2)on1. The zero-order valence-electron chi connectivity index (χ0n) is 16.3. The number of rotatable bonds is 2. The number of nitrogens with zero attached hydrogens (tertiary/aromatic N) is 4. The number of halogens is 3. The smallest absolute Gasteiger partial charge is 0.356 e. The first-order valence-electron chi connectivity index (χ1n) is 9.14. The van der Waals surface area contributed by atoms with Crippen LogP contribution in [0.5, 0.6) is 0 Å². The Morgan fingerprint density at radius 1 is 1.29 bits per heavy atom. The van der Waals surface area contributed by atoms with Gasteiger partial charge >= 0.3 is 12.1 Å². The summed E-state index contributed by atoms with van der Waals surface area (Å²) in [5.41, 5.74) is 1.54. The number of likely N-dealkylation sites (tertiary alicyclic amines) is 1. The first-order chi connectivity index (χ1) is 13.0. The maximum atomic E-state index is 12.9. The van der Waals surface area contributed by atoms with Crippen molar-refractivity contribution in [2.75, 3.05) is 13.1 Å². The zero-order chi connectivity index (χ0) is 20.7. The number of piperidine rings is 1. The molecule has 3 rings (SSSR count). The average Bonchev–Trinajstić information content (AvgIpc) is 3.05. The molecule has 6 nitrogen and oxygen atoms in total. The summed E-state index contributed by atoms with van der Waals surface area (Å²) in [4.78, 5) is 21.7. The molecule has 0 N–H and O–H groups in total. The minimum atomic E-state index is -4.88. The predicted molar refractivity (Wildman–Crippen MR) is 95.6 cm³/mol. The summed E-state index contributed by atoms with van der Waals surface area (Å²) in [6, 6.07) is 1.74. The lowest BCUT2D eigenvalue weighted by Gasteiger charge is -2.33. The number of amides is 1. The molecule has 1 saturated heterocycles. The van der Waals surface area contributed by atoms with Crippen LogP contribution in [-0.2, 0) is 10.2 Å². The van der Waals surface area contributed by atoms with Gasteiger partial charge in [0, 0.05) is 36.7 Å². The van der Waals surface area contributed by atoms with E-state index in [2.05, 4.69) is 10.1 Å². The number of alkyl halides is 3. The Bertz CT molecular complexity index is 871. The van der Waals surface area contributed by atoms with E-state index in [-0.39, 0.29) is 24.4 Å². The Morgan fingerprint density at radius 3 is 2.57 bits per heavy atom. The Balaban J connectivity index is 2.01. The summed E-state index contributed by atoms with van der Waals surface area (Å²) < 4.78 is 44.0. The van der Waals surface area contributed by atoms with E-state index < -0.39 is 12.1 Å². The lowest BCUT2D eigenvalue weighted by molar-refractivity contribution is -0.186. The minimum absolute atomic E-state index is 0.0426. The van der Waals surface area contributed by atoms with Crippen LogP contribution in [0.2, 0.25) is 0 Å². The van der Waals surface area contributed by atoms with Crippen molar-refractivity contribution in [2.24, 2.45) is 0 Å². The fourth-order valence-electron chi connectivity index (χ4n) is 3.31. The molecule has 2 aromatic heterocycles. The normalized spacial score (nSPS) is 18.4. The van der Waals surface area contributed by atoms with E-state index in [0.29, 0.717) is 41.4 Å². The molecule has 1 atom stereocenters. The number of carbonyl (C=O) groups excluding carboxylic acids is 1. The molecular formula is C19H23F3N4O2. The highest BCUT2D eigenvalue weighted by atomic mass is 19.4. The monoisotopic (exact) mass is 396 g/mol. The molecule has 1 unspecified atom stereocenters. The van der Waals surface area contributed by atoms with Crippen molar-refractivity contribution in [3.8, 4) is 11.3 Å². The molecule has 1 fully saturated rings. The first-order valence-corrected chi connectivity index (χ1v) is 9.14. The molecule has 0 saturated carbocycles. The van der Waals surface area contributed by atoms with Gasteiger partial charge in [0.25, 0.3) is 0 Å². The Kier molecular flexibility index (Phi) is 5.20. The van der Waals surface area contributed by atoms with Crippen LogP contribution in [0.15, 0.2) is 16.8 Å². The summed E-state index contributed by atoms with van der Waals surface area (Å²) in [7, 11) is 0. The van der Waals surface area contributed by atoms with Gasteiger partial charge in [-0.3, -0.25) is 4.79 Å². The fraction of sp³-hybridized carbons (Fsp3) is 0.579. The van der Waals surface area contributed by atoms with Gasteiger partial charge in [-0.25, -0.2) is 9.97 Å². The Hall–Kier alpha value is -2.45. The molecule has 2 aromatic rings. The van der Waals surface area contributed by atoms with E-state index in [1.807, 2.05) is 20.8 Å². The van der Waals surface area contributed by atoms with E-state index in [1.54, 1.807) is 19.2 Å². The quantitative estimate of drug-likeness (QED) is 0.767. The summed E-state index contributed by atoms with van der Waals surface area (Å²) in [6.07, 6.45) is -2.15.